The van der Waals surface area contributed by atoms with Crippen molar-refractivity contribution in [3.8, 4) is 0 Å². The van der Waals surface area contributed by atoms with Crippen LogP contribution in [0.3, 0.4) is 0 Å². The van der Waals surface area contributed by atoms with Crippen molar-refractivity contribution in [3.63, 3.8) is 0 Å². The van der Waals surface area contributed by atoms with Crippen LogP contribution in [0.4, 0.5) is 0 Å². The maximum Gasteiger partial charge on any atom is 0.177 e. The van der Waals surface area contributed by atoms with Crippen molar-refractivity contribution in [2.45, 2.75) is 135 Å². The van der Waals surface area contributed by atoms with Gasteiger partial charge in [-0.05, 0) is 12.5 Å². The second kappa shape index (κ2) is 15.8. The second-order valence-electron chi connectivity index (χ2n) is 10.8. The molecular weight excluding hydrogens is 376 g/mol. The van der Waals surface area contributed by atoms with E-state index in [1.807, 2.05) is 0 Å². The van der Waals surface area contributed by atoms with Crippen LogP contribution in [-0.4, -0.2) is 25.1 Å². The molecule has 1 aliphatic rings. The van der Waals surface area contributed by atoms with Crippen LogP contribution in [0.1, 0.15) is 134 Å². The summed E-state index contributed by atoms with van der Waals surface area (Å²) in [5, 5.41) is 0. The van der Waals surface area contributed by atoms with Gasteiger partial charge in [0.15, 0.2) is 12.4 Å². The Bertz CT molecular complexity index is 566. The van der Waals surface area contributed by atoms with Crippen molar-refractivity contribution in [1.29, 1.82) is 0 Å². The molecule has 0 spiro atoms. The Morgan fingerprint density at radius 1 is 0.774 bits per heavy atom. The molecule has 0 saturated carbocycles. The Morgan fingerprint density at radius 2 is 1.29 bits per heavy atom. The Hall–Kier alpha value is -0.890. The lowest BCUT2D eigenvalue weighted by Gasteiger charge is -2.31. The molecule has 1 saturated heterocycles. The Morgan fingerprint density at radius 3 is 1.77 bits per heavy atom. The molecule has 2 rings (SSSR count). The van der Waals surface area contributed by atoms with Crippen molar-refractivity contribution >= 4 is 0 Å². The molecule has 2 heterocycles. The quantitative estimate of drug-likeness (QED) is 0.126. The Labute approximate surface area is 195 Å². The van der Waals surface area contributed by atoms with Crippen LogP contribution in [0.5, 0.6) is 0 Å². The average Bonchev–Trinajstić information content (AvgIpc) is 3.12. The van der Waals surface area contributed by atoms with Gasteiger partial charge in [-0.2, -0.15) is 0 Å². The normalized spacial score (nSPS) is 18.0. The predicted molar refractivity (Wildman–Crippen MR) is 135 cm³/mol. The first-order chi connectivity index (χ1) is 15.1. The highest BCUT2D eigenvalue weighted by atomic mass is 15.3. The fraction of sp³-hybridized carbons (Fsp3) is 0.828. The topological polar surface area (TPSA) is 3.88 Å². The first kappa shape index (κ1) is 26.4. The van der Waals surface area contributed by atoms with Crippen molar-refractivity contribution in [1.82, 2.24) is 0 Å². The minimum Gasteiger partial charge on any atom is -0.322 e. The number of unbranched alkanes of at least 4 members (excludes halogenated alkanes) is 15. The van der Waals surface area contributed by atoms with E-state index in [2.05, 4.69) is 50.1 Å². The third-order valence-electron chi connectivity index (χ3n) is 7.59. The van der Waals surface area contributed by atoms with Gasteiger partial charge in [0.1, 0.15) is 12.6 Å². The van der Waals surface area contributed by atoms with E-state index >= 15 is 0 Å². The van der Waals surface area contributed by atoms with Gasteiger partial charge in [0.05, 0.1) is 26.2 Å². The molecule has 2 nitrogen and oxygen atoms in total. The van der Waals surface area contributed by atoms with E-state index in [0.717, 1.165) is 4.48 Å². The maximum atomic E-state index is 2.44. The molecule has 178 valence electrons. The van der Waals surface area contributed by atoms with Gasteiger partial charge >= 0.3 is 0 Å². The van der Waals surface area contributed by atoms with Crippen LogP contribution < -0.4 is 4.57 Å². The zero-order valence-corrected chi connectivity index (χ0v) is 21.4. The highest BCUT2D eigenvalue weighted by Crippen LogP contribution is 2.35. The SMILES string of the molecule is CCCCCCCCCCCCCCCCCC[n+]1cccc([C@@H]2CCC[N+]2(C)C)c1. The van der Waals surface area contributed by atoms with E-state index < -0.39 is 0 Å². The van der Waals surface area contributed by atoms with Gasteiger partial charge in [0.25, 0.3) is 0 Å². The molecule has 0 radical (unpaired) electrons. The van der Waals surface area contributed by atoms with Gasteiger partial charge in [0, 0.05) is 25.3 Å². The first-order valence-corrected chi connectivity index (χ1v) is 13.9. The van der Waals surface area contributed by atoms with Crippen LogP contribution >= 0.6 is 0 Å². The van der Waals surface area contributed by atoms with Crippen molar-refractivity contribution in [3.05, 3.63) is 30.1 Å². The molecule has 0 bridgehead atoms. The number of quaternary nitrogens is 1. The number of hydrogen-bond acceptors (Lipinski definition) is 0. The van der Waals surface area contributed by atoms with Gasteiger partial charge in [-0.15, -0.1) is 0 Å². The zero-order chi connectivity index (χ0) is 22.2. The Kier molecular flexibility index (Phi) is 13.5. The summed E-state index contributed by atoms with van der Waals surface area (Å²) < 4.78 is 3.60. The lowest BCUT2D eigenvalue weighted by Crippen LogP contribution is -2.40. The highest BCUT2D eigenvalue weighted by Gasteiger charge is 2.36. The summed E-state index contributed by atoms with van der Waals surface area (Å²) >= 11 is 0. The van der Waals surface area contributed by atoms with E-state index in [4.69, 9.17) is 0 Å². The standard InChI is InChI=1S/C29H54N2/c1-4-5-6-7-8-9-10-11-12-13-14-15-16-17-18-19-24-30-25-20-22-28(27-30)29-23-21-26-31(29,2)3/h20,22,25,27,29H,4-19,21,23-24,26H2,1-3H3/q+2/t29-/m0/s1. The number of rotatable bonds is 18. The predicted octanol–water partition coefficient (Wildman–Crippen LogP) is 8.15. The van der Waals surface area contributed by atoms with Crippen molar-refractivity contribution in [2.24, 2.45) is 0 Å². The molecule has 2 heteroatoms. The lowest BCUT2D eigenvalue weighted by atomic mass is 10.0. The molecule has 1 aromatic heterocycles. The zero-order valence-electron chi connectivity index (χ0n) is 21.4. The molecule has 0 aliphatic carbocycles. The average molecular weight is 431 g/mol. The fourth-order valence-corrected chi connectivity index (χ4v) is 5.49. The third kappa shape index (κ3) is 11.0. The largest absolute Gasteiger partial charge is 0.322 e. The molecule has 0 amide bonds. The van der Waals surface area contributed by atoms with Crippen molar-refractivity contribution < 1.29 is 9.05 Å². The molecule has 1 aliphatic heterocycles. The number of aryl methyl sites for hydroxylation is 1. The van der Waals surface area contributed by atoms with Crippen LogP contribution in [0.25, 0.3) is 0 Å². The smallest absolute Gasteiger partial charge is 0.177 e. The number of pyridine rings is 1. The summed E-state index contributed by atoms with van der Waals surface area (Å²) in [7, 11) is 4.79. The van der Waals surface area contributed by atoms with Crippen LogP contribution in [0.2, 0.25) is 0 Å². The summed E-state index contributed by atoms with van der Waals surface area (Å²) in [4.78, 5) is 0. The maximum absolute atomic E-state index is 2.44. The summed E-state index contributed by atoms with van der Waals surface area (Å²) in [5.74, 6) is 0. The molecule has 0 unspecified atom stereocenters. The molecule has 1 fully saturated rings. The minimum atomic E-state index is 0.693. The molecule has 1 aromatic rings. The second-order valence-corrected chi connectivity index (χ2v) is 10.8. The van der Waals surface area contributed by atoms with Gasteiger partial charge in [-0.25, -0.2) is 4.57 Å². The van der Waals surface area contributed by atoms with E-state index in [9.17, 15) is 0 Å². The summed E-state index contributed by atoms with van der Waals surface area (Å²) in [5.41, 5.74) is 1.54. The van der Waals surface area contributed by atoms with Gasteiger partial charge in [-0.1, -0.05) is 96.8 Å². The number of hydrogen-bond donors (Lipinski definition) is 0. The monoisotopic (exact) mass is 430 g/mol. The van der Waals surface area contributed by atoms with Crippen LogP contribution in [-0.2, 0) is 6.54 Å². The Balaban J connectivity index is 1.41. The first-order valence-electron chi connectivity index (χ1n) is 13.9. The number of aromatic nitrogens is 1. The van der Waals surface area contributed by atoms with Crippen molar-refractivity contribution in [2.75, 3.05) is 20.6 Å². The molecule has 31 heavy (non-hydrogen) atoms. The molecule has 0 N–H and O–H groups in total. The van der Waals surface area contributed by atoms with Gasteiger partial charge < -0.3 is 4.48 Å². The van der Waals surface area contributed by atoms with E-state index in [1.165, 1.54) is 129 Å². The third-order valence-corrected chi connectivity index (χ3v) is 7.59. The molecular formula is C29H54N2+2. The van der Waals surface area contributed by atoms with Crippen LogP contribution in [0, 0.1) is 0 Å². The van der Waals surface area contributed by atoms with E-state index in [-0.39, 0.29) is 0 Å². The molecule has 1 atom stereocenters. The number of nitrogens with zero attached hydrogens (tertiary/aromatic N) is 2. The summed E-state index contributed by atoms with van der Waals surface area (Å²) in [6.45, 7) is 4.81. The van der Waals surface area contributed by atoms with Gasteiger partial charge in [-0.3, -0.25) is 0 Å². The minimum absolute atomic E-state index is 0.693. The summed E-state index contributed by atoms with van der Waals surface area (Å²) in [6, 6.07) is 5.30. The lowest BCUT2D eigenvalue weighted by molar-refractivity contribution is -0.908. The van der Waals surface area contributed by atoms with E-state index in [0.29, 0.717) is 6.04 Å². The number of likely N-dealkylation sites (tertiary alicyclic amines) is 1. The molecule has 0 aromatic carbocycles. The van der Waals surface area contributed by atoms with Crippen LogP contribution in [0.15, 0.2) is 24.5 Å². The fourth-order valence-electron chi connectivity index (χ4n) is 5.49. The van der Waals surface area contributed by atoms with Gasteiger partial charge in [0.2, 0.25) is 0 Å². The van der Waals surface area contributed by atoms with E-state index in [1.54, 1.807) is 5.56 Å². The summed E-state index contributed by atoms with van der Waals surface area (Å²) in [6.07, 6.45) is 30.5. The highest BCUT2D eigenvalue weighted by molar-refractivity contribution is 5.10.